The molecule has 1 aromatic heterocycles. The van der Waals surface area contributed by atoms with E-state index in [0.29, 0.717) is 24.4 Å². The summed E-state index contributed by atoms with van der Waals surface area (Å²) in [6.07, 6.45) is 6.54. The van der Waals surface area contributed by atoms with Crippen LogP contribution in [0.25, 0.3) is 0 Å². The number of likely N-dealkylation sites (tertiary alicyclic amines) is 1. The predicted molar refractivity (Wildman–Crippen MR) is 85.3 cm³/mol. The van der Waals surface area contributed by atoms with Gasteiger partial charge in [0.05, 0.1) is 18.2 Å². The number of piperidine rings is 3. The number of nitrogens with two attached hydrogens (primary N) is 1. The largest absolute Gasteiger partial charge is 0.342 e. The number of rotatable bonds is 4. The first-order valence-electron chi connectivity index (χ1n) is 8.86. The molecule has 2 bridgehead atoms. The van der Waals surface area contributed by atoms with Crippen molar-refractivity contribution >= 4 is 5.91 Å². The summed E-state index contributed by atoms with van der Waals surface area (Å²) in [6.45, 7) is 5.25. The van der Waals surface area contributed by atoms with E-state index in [1.54, 1.807) is 0 Å². The Bertz CT molecular complexity index is 567. The standard InChI is InChI=1S/C16H26N6O/c17-8-13-9-22(19-18-13)10-14-7-12-3-6-21(14)11-15(12)16(23)20-4-1-2-5-20/h9,12,14-15H,1-8,10-11,17H2/t12?,14-,15+/m1/s1. The van der Waals surface area contributed by atoms with Crippen LogP contribution in [-0.4, -0.2) is 62.9 Å². The van der Waals surface area contributed by atoms with E-state index in [-0.39, 0.29) is 5.92 Å². The summed E-state index contributed by atoms with van der Waals surface area (Å²) < 4.78 is 1.91. The minimum absolute atomic E-state index is 0.216. The Balaban J connectivity index is 1.40. The Morgan fingerprint density at radius 3 is 2.78 bits per heavy atom. The van der Waals surface area contributed by atoms with Crippen molar-refractivity contribution in [2.45, 2.75) is 44.8 Å². The van der Waals surface area contributed by atoms with Gasteiger partial charge in [-0.1, -0.05) is 5.21 Å². The van der Waals surface area contributed by atoms with E-state index in [2.05, 4.69) is 20.1 Å². The molecule has 1 amide bonds. The second kappa shape index (κ2) is 6.20. The van der Waals surface area contributed by atoms with Crippen molar-refractivity contribution in [3.63, 3.8) is 0 Å². The SMILES string of the molecule is NCc1cn(C[C@H]2CC3CCN2C[C@@H]3C(=O)N2CCCC2)nn1. The van der Waals surface area contributed by atoms with Gasteiger partial charge < -0.3 is 10.6 Å². The Morgan fingerprint density at radius 2 is 2.13 bits per heavy atom. The summed E-state index contributed by atoms with van der Waals surface area (Å²) in [5, 5.41) is 8.23. The molecule has 7 heteroatoms. The zero-order valence-electron chi connectivity index (χ0n) is 13.6. The smallest absolute Gasteiger partial charge is 0.227 e. The molecule has 5 rings (SSSR count). The quantitative estimate of drug-likeness (QED) is 0.850. The molecule has 23 heavy (non-hydrogen) atoms. The van der Waals surface area contributed by atoms with Gasteiger partial charge in [0, 0.05) is 38.4 Å². The molecule has 2 N–H and O–H groups in total. The molecular formula is C16H26N6O. The van der Waals surface area contributed by atoms with E-state index in [0.717, 1.165) is 51.3 Å². The van der Waals surface area contributed by atoms with Gasteiger partial charge in [-0.05, 0) is 38.1 Å². The van der Waals surface area contributed by atoms with Gasteiger partial charge in [0.2, 0.25) is 5.91 Å². The average Bonchev–Trinajstić information content (AvgIpc) is 3.26. The van der Waals surface area contributed by atoms with Gasteiger partial charge in [-0.15, -0.1) is 5.10 Å². The normalized spacial score (nSPS) is 33.3. The van der Waals surface area contributed by atoms with E-state index in [9.17, 15) is 4.79 Å². The van der Waals surface area contributed by atoms with Crippen molar-refractivity contribution in [3.05, 3.63) is 11.9 Å². The van der Waals surface area contributed by atoms with Crippen LogP contribution in [0.3, 0.4) is 0 Å². The fourth-order valence-electron chi connectivity index (χ4n) is 4.52. The number of nitrogens with zero attached hydrogens (tertiary/aromatic N) is 5. The molecule has 0 aromatic carbocycles. The monoisotopic (exact) mass is 318 g/mol. The van der Waals surface area contributed by atoms with E-state index in [4.69, 9.17) is 5.73 Å². The molecule has 0 radical (unpaired) electrons. The van der Waals surface area contributed by atoms with E-state index in [1.807, 2.05) is 10.9 Å². The lowest BCUT2D eigenvalue weighted by Gasteiger charge is -2.49. The molecule has 4 fully saturated rings. The molecule has 4 aliphatic rings. The number of fused-ring (bicyclic) bond motifs is 3. The molecule has 126 valence electrons. The van der Waals surface area contributed by atoms with Gasteiger partial charge in [0.25, 0.3) is 0 Å². The lowest BCUT2D eigenvalue weighted by Crippen LogP contribution is -2.58. The van der Waals surface area contributed by atoms with Crippen molar-refractivity contribution in [1.82, 2.24) is 24.8 Å². The Morgan fingerprint density at radius 1 is 1.30 bits per heavy atom. The first-order valence-corrected chi connectivity index (χ1v) is 8.86. The fraction of sp³-hybridized carbons (Fsp3) is 0.812. The van der Waals surface area contributed by atoms with Gasteiger partial charge in [-0.25, -0.2) is 0 Å². The van der Waals surface area contributed by atoms with Gasteiger partial charge in [0.15, 0.2) is 0 Å². The summed E-state index contributed by atoms with van der Waals surface area (Å²) in [5.41, 5.74) is 6.44. The van der Waals surface area contributed by atoms with E-state index in [1.165, 1.54) is 12.8 Å². The zero-order chi connectivity index (χ0) is 15.8. The van der Waals surface area contributed by atoms with Gasteiger partial charge in [-0.2, -0.15) is 0 Å². The van der Waals surface area contributed by atoms with Gasteiger partial charge >= 0.3 is 0 Å². The molecule has 4 atom stereocenters. The highest BCUT2D eigenvalue weighted by Gasteiger charge is 2.44. The number of amides is 1. The molecule has 1 aromatic rings. The van der Waals surface area contributed by atoms with Crippen LogP contribution in [0.1, 0.15) is 31.4 Å². The van der Waals surface area contributed by atoms with Crippen molar-refractivity contribution in [1.29, 1.82) is 0 Å². The van der Waals surface area contributed by atoms with Crippen LogP contribution in [0.4, 0.5) is 0 Å². The highest BCUT2D eigenvalue weighted by molar-refractivity contribution is 5.80. The number of hydrogen-bond donors (Lipinski definition) is 1. The molecule has 7 nitrogen and oxygen atoms in total. The first-order chi connectivity index (χ1) is 11.2. The summed E-state index contributed by atoms with van der Waals surface area (Å²) in [4.78, 5) is 17.3. The molecule has 0 saturated carbocycles. The third kappa shape index (κ3) is 2.87. The van der Waals surface area contributed by atoms with E-state index < -0.39 is 0 Å². The van der Waals surface area contributed by atoms with Crippen LogP contribution < -0.4 is 5.73 Å². The Kier molecular flexibility index (Phi) is 4.07. The maximum absolute atomic E-state index is 12.8. The second-order valence-corrected chi connectivity index (χ2v) is 7.21. The Hall–Kier alpha value is -1.47. The fourth-order valence-corrected chi connectivity index (χ4v) is 4.52. The lowest BCUT2D eigenvalue weighted by molar-refractivity contribution is -0.142. The predicted octanol–water partition coefficient (Wildman–Crippen LogP) is 0.0696. The molecule has 4 aliphatic heterocycles. The molecule has 4 saturated heterocycles. The van der Waals surface area contributed by atoms with Gasteiger partial charge in [-0.3, -0.25) is 14.4 Å². The minimum Gasteiger partial charge on any atom is -0.342 e. The zero-order valence-corrected chi connectivity index (χ0v) is 13.6. The molecule has 2 unspecified atom stereocenters. The number of carbonyl (C=O) groups excluding carboxylic acids is 1. The third-order valence-electron chi connectivity index (χ3n) is 5.81. The molecule has 0 aliphatic carbocycles. The van der Waals surface area contributed by atoms with Crippen LogP contribution in [0.15, 0.2) is 6.20 Å². The van der Waals surface area contributed by atoms with Crippen molar-refractivity contribution < 1.29 is 4.79 Å². The van der Waals surface area contributed by atoms with Crippen molar-refractivity contribution in [2.75, 3.05) is 26.2 Å². The summed E-state index contributed by atoms with van der Waals surface area (Å²) in [6, 6.07) is 0.476. The summed E-state index contributed by atoms with van der Waals surface area (Å²) in [7, 11) is 0. The number of aromatic nitrogens is 3. The Labute approximate surface area is 136 Å². The van der Waals surface area contributed by atoms with Gasteiger partial charge in [0.1, 0.15) is 0 Å². The first kappa shape index (κ1) is 15.1. The van der Waals surface area contributed by atoms with Crippen LogP contribution in [0.5, 0.6) is 0 Å². The maximum atomic E-state index is 12.8. The topological polar surface area (TPSA) is 80.3 Å². The number of carbonyl (C=O) groups is 1. The van der Waals surface area contributed by atoms with Crippen LogP contribution in [0.2, 0.25) is 0 Å². The molecule has 5 heterocycles. The third-order valence-corrected chi connectivity index (χ3v) is 5.81. The minimum atomic E-state index is 0.216. The van der Waals surface area contributed by atoms with Crippen LogP contribution in [0, 0.1) is 11.8 Å². The highest BCUT2D eigenvalue weighted by Crippen LogP contribution is 2.38. The van der Waals surface area contributed by atoms with Crippen LogP contribution in [-0.2, 0) is 17.9 Å². The van der Waals surface area contributed by atoms with Crippen LogP contribution >= 0.6 is 0 Å². The summed E-state index contributed by atoms with van der Waals surface area (Å²) >= 11 is 0. The highest BCUT2D eigenvalue weighted by atomic mass is 16.2. The molecule has 0 spiro atoms. The molecular weight excluding hydrogens is 292 g/mol. The number of hydrogen-bond acceptors (Lipinski definition) is 5. The average molecular weight is 318 g/mol. The maximum Gasteiger partial charge on any atom is 0.227 e. The van der Waals surface area contributed by atoms with Crippen molar-refractivity contribution in [3.8, 4) is 0 Å². The lowest BCUT2D eigenvalue weighted by atomic mass is 9.75. The van der Waals surface area contributed by atoms with E-state index >= 15 is 0 Å². The van der Waals surface area contributed by atoms with Crippen molar-refractivity contribution in [2.24, 2.45) is 17.6 Å². The second-order valence-electron chi connectivity index (χ2n) is 7.21. The summed E-state index contributed by atoms with van der Waals surface area (Å²) in [5.74, 6) is 1.16.